The van der Waals surface area contributed by atoms with Crippen LogP contribution in [0, 0.1) is 5.92 Å². The molecule has 0 aliphatic carbocycles. The predicted molar refractivity (Wildman–Crippen MR) is 56.0 cm³/mol. The molecular formula is C12H10O5. The zero-order valence-corrected chi connectivity index (χ0v) is 8.97. The minimum Gasteiger partial charge on any atom is -0.465 e. The molecule has 1 fully saturated rings. The Morgan fingerprint density at radius 2 is 2.00 bits per heavy atom. The van der Waals surface area contributed by atoms with E-state index in [1.165, 1.54) is 0 Å². The van der Waals surface area contributed by atoms with Gasteiger partial charge < -0.3 is 14.2 Å². The van der Waals surface area contributed by atoms with E-state index >= 15 is 0 Å². The number of benzene rings is 1. The lowest BCUT2D eigenvalue weighted by Gasteiger charge is -2.05. The Morgan fingerprint density at radius 1 is 1.18 bits per heavy atom. The molecule has 2 heterocycles. The molecule has 5 nitrogen and oxygen atoms in total. The van der Waals surface area contributed by atoms with Crippen molar-refractivity contribution in [2.45, 2.75) is 6.42 Å². The summed E-state index contributed by atoms with van der Waals surface area (Å²) in [6, 6.07) is 5.03. The molecule has 0 radical (unpaired) electrons. The summed E-state index contributed by atoms with van der Waals surface area (Å²) >= 11 is 0. The zero-order chi connectivity index (χ0) is 11.8. The first-order valence-electron chi connectivity index (χ1n) is 5.33. The van der Waals surface area contributed by atoms with E-state index in [0.717, 1.165) is 0 Å². The fraction of sp³-hybridized carbons (Fsp3) is 0.333. The predicted octanol–water partition coefficient (Wildman–Crippen LogP) is 1.16. The number of esters is 1. The number of cyclic esters (lactones) is 1. The quantitative estimate of drug-likeness (QED) is 0.567. The molecule has 0 amide bonds. The van der Waals surface area contributed by atoms with E-state index in [-0.39, 0.29) is 37.5 Å². The lowest BCUT2D eigenvalue weighted by Crippen LogP contribution is -2.14. The van der Waals surface area contributed by atoms with Gasteiger partial charge in [-0.3, -0.25) is 9.59 Å². The molecule has 88 valence electrons. The van der Waals surface area contributed by atoms with Crippen molar-refractivity contribution in [1.29, 1.82) is 0 Å². The Labute approximate surface area is 97.3 Å². The van der Waals surface area contributed by atoms with E-state index in [9.17, 15) is 9.59 Å². The molecule has 0 spiro atoms. The summed E-state index contributed by atoms with van der Waals surface area (Å²) in [6.07, 6.45) is 0.160. The number of carbonyl (C=O) groups excluding carboxylic acids is 2. The van der Waals surface area contributed by atoms with Gasteiger partial charge in [0.15, 0.2) is 17.3 Å². The van der Waals surface area contributed by atoms with Crippen LogP contribution in [0.3, 0.4) is 0 Å². The number of ketones is 1. The molecule has 3 rings (SSSR count). The number of hydrogen-bond donors (Lipinski definition) is 0. The number of fused-ring (bicyclic) bond motifs is 1. The largest absolute Gasteiger partial charge is 0.465 e. The second-order valence-corrected chi connectivity index (χ2v) is 4.02. The molecule has 17 heavy (non-hydrogen) atoms. The van der Waals surface area contributed by atoms with Gasteiger partial charge >= 0.3 is 5.97 Å². The number of rotatable bonds is 2. The zero-order valence-electron chi connectivity index (χ0n) is 8.97. The SMILES string of the molecule is O=C1C[C@H](C(=O)c2ccc3c(c2)OCO3)CO1. The summed E-state index contributed by atoms with van der Waals surface area (Å²) in [4.78, 5) is 23.0. The molecule has 1 saturated heterocycles. The van der Waals surface area contributed by atoms with Crippen molar-refractivity contribution < 1.29 is 23.8 Å². The highest BCUT2D eigenvalue weighted by atomic mass is 16.7. The third-order valence-electron chi connectivity index (χ3n) is 2.89. The number of ether oxygens (including phenoxy) is 3. The maximum Gasteiger partial charge on any atom is 0.306 e. The highest BCUT2D eigenvalue weighted by molar-refractivity contribution is 6.01. The van der Waals surface area contributed by atoms with E-state index in [1.807, 2.05) is 0 Å². The second kappa shape index (κ2) is 3.76. The van der Waals surface area contributed by atoms with Crippen molar-refractivity contribution in [3.05, 3.63) is 23.8 Å². The highest BCUT2D eigenvalue weighted by Crippen LogP contribution is 2.33. The number of Topliss-reactive ketones (excluding diaryl/α,β-unsaturated/α-hetero) is 1. The Bertz CT molecular complexity index is 494. The van der Waals surface area contributed by atoms with Crippen molar-refractivity contribution in [2.24, 2.45) is 5.92 Å². The van der Waals surface area contributed by atoms with Crippen LogP contribution in [0.1, 0.15) is 16.8 Å². The van der Waals surface area contributed by atoms with Crippen LogP contribution in [0.5, 0.6) is 11.5 Å². The second-order valence-electron chi connectivity index (χ2n) is 4.02. The average Bonchev–Trinajstić information content (AvgIpc) is 2.95. The summed E-state index contributed by atoms with van der Waals surface area (Å²) in [5.41, 5.74) is 0.526. The van der Waals surface area contributed by atoms with Crippen molar-refractivity contribution in [3.8, 4) is 11.5 Å². The summed E-state index contributed by atoms with van der Waals surface area (Å²) in [5, 5.41) is 0. The maximum atomic E-state index is 12.1. The summed E-state index contributed by atoms with van der Waals surface area (Å²) in [6.45, 7) is 0.351. The Balaban J connectivity index is 1.84. The monoisotopic (exact) mass is 234 g/mol. The van der Waals surface area contributed by atoms with Crippen LogP contribution in [0.2, 0.25) is 0 Å². The molecule has 5 heteroatoms. The summed E-state index contributed by atoms with van der Waals surface area (Å²) < 4.78 is 15.1. The normalized spacial score (nSPS) is 21.4. The van der Waals surface area contributed by atoms with Gasteiger partial charge in [0, 0.05) is 5.56 Å². The molecule has 1 atom stereocenters. The van der Waals surface area contributed by atoms with Crippen LogP contribution in [-0.4, -0.2) is 25.2 Å². The van der Waals surface area contributed by atoms with Gasteiger partial charge in [-0.2, -0.15) is 0 Å². The van der Waals surface area contributed by atoms with Crippen LogP contribution < -0.4 is 9.47 Å². The topological polar surface area (TPSA) is 61.8 Å². The molecule has 0 aromatic heterocycles. The number of hydrogen-bond acceptors (Lipinski definition) is 5. The van der Waals surface area contributed by atoms with Crippen LogP contribution >= 0.6 is 0 Å². The van der Waals surface area contributed by atoms with Crippen LogP contribution in [0.25, 0.3) is 0 Å². The molecule has 0 saturated carbocycles. The van der Waals surface area contributed by atoms with Gasteiger partial charge in [-0.25, -0.2) is 0 Å². The molecule has 0 bridgehead atoms. The van der Waals surface area contributed by atoms with E-state index in [2.05, 4.69) is 0 Å². The Morgan fingerprint density at radius 3 is 2.76 bits per heavy atom. The van der Waals surface area contributed by atoms with Gasteiger partial charge in [-0.1, -0.05) is 0 Å². The first-order valence-corrected chi connectivity index (χ1v) is 5.33. The van der Waals surface area contributed by atoms with Crippen molar-refractivity contribution in [2.75, 3.05) is 13.4 Å². The third kappa shape index (κ3) is 1.73. The fourth-order valence-corrected chi connectivity index (χ4v) is 1.97. The van der Waals surface area contributed by atoms with Gasteiger partial charge in [0.05, 0.1) is 12.3 Å². The van der Waals surface area contributed by atoms with Crippen molar-refractivity contribution in [1.82, 2.24) is 0 Å². The molecule has 0 unspecified atom stereocenters. The van der Waals surface area contributed by atoms with E-state index < -0.39 is 0 Å². The average molecular weight is 234 g/mol. The molecule has 2 aliphatic rings. The molecule has 1 aromatic carbocycles. The molecule has 2 aliphatic heterocycles. The minimum atomic E-state index is -0.372. The fourth-order valence-electron chi connectivity index (χ4n) is 1.97. The van der Waals surface area contributed by atoms with Gasteiger partial charge in [0.2, 0.25) is 6.79 Å². The van der Waals surface area contributed by atoms with Crippen LogP contribution in [-0.2, 0) is 9.53 Å². The summed E-state index contributed by atoms with van der Waals surface area (Å²) in [7, 11) is 0. The molecular weight excluding hydrogens is 224 g/mol. The first-order chi connectivity index (χ1) is 8.24. The van der Waals surface area contributed by atoms with Crippen LogP contribution in [0.15, 0.2) is 18.2 Å². The minimum absolute atomic E-state index is 0.0887. The van der Waals surface area contributed by atoms with E-state index in [4.69, 9.17) is 14.2 Å². The standard InChI is InChI=1S/C12H10O5/c13-11-4-8(5-15-11)12(14)7-1-2-9-10(3-7)17-6-16-9/h1-3,8H,4-6H2/t8-/m0/s1. The van der Waals surface area contributed by atoms with Crippen molar-refractivity contribution >= 4 is 11.8 Å². The number of carbonyl (C=O) groups is 2. The Hall–Kier alpha value is -2.04. The first kappa shape index (κ1) is 10.1. The van der Waals surface area contributed by atoms with E-state index in [0.29, 0.717) is 17.1 Å². The Kier molecular flexibility index (Phi) is 2.24. The van der Waals surface area contributed by atoms with Gasteiger partial charge in [0.25, 0.3) is 0 Å². The van der Waals surface area contributed by atoms with E-state index in [1.54, 1.807) is 18.2 Å². The van der Waals surface area contributed by atoms with Crippen molar-refractivity contribution in [3.63, 3.8) is 0 Å². The molecule has 1 aromatic rings. The third-order valence-corrected chi connectivity index (χ3v) is 2.89. The highest BCUT2D eigenvalue weighted by Gasteiger charge is 2.31. The lowest BCUT2D eigenvalue weighted by molar-refractivity contribution is -0.137. The van der Waals surface area contributed by atoms with Gasteiger partial charge in [-0.15, -0.1) is 0 Å². The van der Waals surface area contributed by atoms with Gasteiger partial charge in [-0.05, 0) is 18.2 Å². The van der Waals surface area contributed by atoms with Gasteiger partial charge in [0.1, 0.15) is 6.61 Å². The smallest absolute Gasteiger partial charge is 0.306 e. The van der Waals surface area contributed by atoms with Crippen LogP contribution in [0.4, 0.5) is 0 Å². The molecule has 0 N–H and O–H groups in total. The lowest BCUT2D eigenvalue weighted by atomic mass is 9.97. The maximum absolute atomic E-state index is 12.1. The summed E-state index contributed by atoms with van der Waals surface area (Å²) in [5.74, 6) is 0.433.